The summed E-state index contributed by atoms with van der Waals surface area (Å²) in [6.07, 6.45) is 5.23. The zero-order valence-corrected chi connectivity index (χ0v) is 22.4. The van der Waals surface area contributed by atoms with Crippen LogP contribution in [-0.2, 0) is 14.3 Å². The smallest absolute Gasteiger partial charge is 0.312 e. The molecule has 6 N–H and O–H groups in total. The van der Waals surface area contributed by atoms with Crippen LogP contribution in [0.4, 0.5) is 10.5 Å². The molecule has 1 aromatic carbocycles. The largest absolute Gasteiger partial charge is 0.385 e. The van der Waals surface area contributed by atoms with Crippen molar-refractivity contribution in [2.75, 3.05) is 51.3 Å². The van der Waals surface area contributed by atoms with Crippen molar-refractivity contribution in [1.29, 1.82) is 0 Å². The Labute approximate surface area is 220 Å². The summed E-state index contributed by atoms with van der Waals surface area (Å²) in [6.45, 7) is 10.5. The Balaban J connectivity index is 1.65. The van der Waals surface area contributed by atoms with Crippen molar-refractivity contribution in [2.45, 2.75) is 52.1 Å². The van der Waals surface area contributed by atoms with Crippen LogP contribution < -0.4 is 27.0 Å². The number of hydrogen-bond donors (Lipinski definition) is 5. The summed E-state index contributed by atoms with van der Waals surface area (Å²) in [5, 5.41) is 13.4. The second-order valence-electron chi connectivity index (χ2n) is 9.72. The normalized spacial score (nSPS) is 14.9. The van der Waals surface area contributed by atoms with Crippen molar-refractivity contribution < 1.29 is 19.1 Å². The highest BCUT2D eigenvalue weighted by Gasteiger charge is 2.22. The van der Waals surface area contributed by atoms with Crippen molar-refractivity contribution in [3.8, 4) is 0 Å². The van der Waals surface area contributed by atoms with E-state index in [1.165, 1.54) is 22.6 Å². The number of benzene rings is 1. The molecule has 1 heterocycles. The third-order valence-corrected chi connectivity index (χ3v) is 6.26. The molecular weight excluding hydrogens is 472 g/mol. The van der Waals surface area contributed by atoms with Gasteiger partial charge in [-0.25, -0.2) is 4.79 Å². The second kappa shape index (κ2) is 16.7. The first-order valence-corrected chi connectivity index (χ1v) is 13.2. The van der Waals surface area contributed by atoms with Crippen molar-refractivity contribution in [1.82, 2.24) is 20.9 Å². The lowest BCUT2D eigenvalue weighted by Crippen LogP contribution is -2.49. The van der Waals surface area contributed by atoms with Gasteiger partial charge in [-0.3, -0.25) is 14.5 Å². The standard InChI is InChI=1S/C27H44N6O4/c1-20(2)24(30-13-6-15-37-16-14-33-25(34)10-11-26(33)35)19-31-23(18-32-27(28)36)9-5-12-29-22-8-4-7-21(3)17-22/h4,7-8,10-11,17,20,23-24,29-31H,5-6,9,12-16,18-19H2,1-3H3,(H3,28,32,36)/t23?,24-/m1/s1. The van der Waals surface area contributed by atoms with Crippen LogP contribution in [0.2, 0.25) is 0 Å². The summed E-state index contributed by atoms with van der Waals surface area (Å²) in [5.41, 5.74) is 7.64. The number of ether oxygens (including phenoxy) is 1. The summed E-state index contributed by atoms with van der Waals surface area (Å²) in [4.78, 5) is 35.5. The van der Waals surface area contributed by atoms with Crippen molar-refractivity contribution in [2.24, 2.45) is 11.7 Å². The monoisotopic (exact) mass is 516 g/mol. The van der Waals surface area contributed by atoms with Gasteiger partial charge in [-0.05, 0) is 56.3 Å². The van der Waals surface area contributed by atoms with Crippen LogP contribution in [-0.4, -0.2) is 80.8 Å². The molecule has 0 bridgehead atoms. The predicted molar refractivity (Wildman–Crippen MR) is 146 cm³/mol. The topological polar surface area (TPSA) is 138 Å². The summed E-state index contributed by atoms with van der Waals surface area (Å²) in [7, 11) is 0. The molecule has 2 rings (SSSR count). The van der Waals surface area contributed by atoms with Gasteiger partial charge in [0.15, 0.2) is 0 Å². The van der Waals surface area contributed by atoms with Crippen LogP contribution in [0.25, 0.3) is 0 Å². The van der Waals surface area contributed by atoms with Gasteiger partial charge >= 0.3 is 6.03 Å². The summed E-state index contributed by atoms with van der Waals surface area (Å²) >= 11 is 0. The average molecular weight is 517 g/mol. The number of nitrogens with zero attached hydrogens (tertiary/aromatic N) is 1. The van der Waals surface area contributed by atoms with E-state index in [1.54, 1.807) is 0 Å². The van der Waals surface area contributed by atoms with Gasteiger partial charge in [-0.2, -0.15) is 0 Å². The van der Waals surface area contributed by atoms with Crippen LogP contribution >= 0.6 is 0 Å². The maximum absolute atomic E-state index is 11.5. The Morgan fingerprint density at radius 3 is 2.46 bits per heavy atom. The zero-order chi connectivity index (χ0) is 27.0. The van der Waals surface area contributed by atoms with Gasteiger partial charge in [0.25, 0.3) is 11.8 Å². The maximum atomic E-state index is 11.5. The van der Waals surface area contributed by atoms with Crippen LogP contribution in [0.5, 0.6) is 0 Å². The fraction of sp³-hybridized carbons (Fsp3) is 0.593. The highest BCUT2D eigenvalue weighted by atomic mass is 16.5. The van der Waals surface area contributed by atoms with Crippen molar-refractivity contribution >= 4 is 23.5 Å². The van der Waals surface area contributed by atoms with E-state index < -0.39 is 6.03 Å². The number of imide groups is 1. The van der Waals surface area contributed by atoms with E-state index in [2.05, 4.69) is 60.2 Å². The van der Waals surface area contributed by atoms with Gasteiger partial charge in [0, 0.05) is 56.2 Å². The maximum Gasteiger partial charge on any atom is 0.312 e. The molecule has 0 aromatic heterocycles. The minimum absolute atomic E-state index is 0.115. The lowest BCUT2D eigenvalue weighted by atomic mass is 10.0. The number of amides is 4. The molecule has 1 unspecified atom stereocenters. The number of nitrogens with two attached hydrogens (primary N) is 1. The average Bonchev–Trinajstić information content (AvgIpc) is 3.17. The van der Waals surface area contributed by atoms with E-state index in [9.17, 15) is 14.4 Å². The predicted octanol–water partition coefficient (Wildman–Crippen LogP) is 1.76. The number of rotatable bonds is 19. The molecule has 37 heavy (non-hydrogen) atoms. The third-order valence-electron chi connectivity index (χ3n) is 6.26. The SMILES string of the molecule is Cc1cccc(NCCCC(CNC(N)=O)NC[C@@H](NCCCOCCN2C(=O)C=CC2=O)C(C)C)c1. The fourth-order valence-corrected chi connectivity index (χ4v) is 4.04. The molecule has 0 radical (unpaired) electrons. The molecule has 1 aliphatic rings. The van der Waals surface area contributed by atoms with Gasteiger partial charge in [0.1, 0.15) is 0 Å². The number of hydrogen-bond acceptors (Lipinski definition) is 7. The third kappa shape index (κ3) is 12.2. The Hall–Kier alpha value is -2.95. The molecule has 0 aliphatic carbocycles. The van der Waals surface area contributed by atoms with Crippen molar-refractivity contribution in [3.05, 3.63) is 42.0 Å². The quantitative estimate of drug-likeness (QED) is 0.140. The summed E-state index contributed by atoms with van der Waals surface area (Å²) in [6, 6.07) is 8.16. The Morgan fingerprint density at radius 1 is 1.03 bits per heavy atom. The molecule has 0 fully saturated rings. The second-order valence-corrected chi connectivity index (χ2v) is 9.72. The Kier molecular flexibility index (Phi) is 13.7. The van der Waals surface area contributed by atoms with E-state index in [0.717, 1.165) is 44.6 Å². The Morgan fingerprint density at radius 2 is 1.78 bits per heavy atom. The van der Waals surface area contributed by atoms with Crippen LogP contribution in [0, 0.1) is 12.8 Å². The van der Waals surface area contributed by atoms with Gasteiger partial charge in [-0.15, -0.1) is 0 Å². The molecule has 10 heteroatoms. The molecule has 2 atom stereocenters. The lowest BCUT2D eigenvalue weighted by Gasteiger charge is -2.27. The van der Waals surface area contributed by atoms with Crippen LogP contribution in [0.3, 0.4) is 0 Å². The summed E-state index contributed by atoms with van der Waals surface area (Å²) in [5.74, 6) is -0.148. The first-order chi connectivity index (χ1) is 17.8. The van der Waals surface area contributed by atoms with Crippen LogP contribution in [0.15, 0.2) is 36.4 Å². The number of urea groups is 1. The molecule has 0 spiro atoms. The lowest BCUT2D eigenvalue weighted by molar-refractivity contribution is -0.137. The number of carbonyl (C=O) groups excluding carboxylic acids is 3. The fourth-order valence-electron chi connectivity index (χ4n) is 4.04. The first kappa shape index (κ1) is 30.3. The van der Waals surface area contributed by atoms with Gasteiger partial charge < -0.3 is 31.7 Å². The highest BCUT2D eigenvalue weighted by molar-refractivity contribution is 6.12. The minimum atomic E-state index is -0.516. The minimum Gasteiger partial charge on any atom is -0.385 e. The molecule has 1 aliphatic heterocycles. The Bertz CT molecular complexity index is 873. The van der Waals surface area contributed by atoms with E-state index in [4.69, 9.17) is 10.5 Å². The van der Waals surface area contributed by atoms with Gasteiger partial charge in [0.2, 0.25) is 0 Å². The zero-order valence-electron chi connectivity index (χ0n) is 22.4. The van der Waals surface area contributed by atoms with Gasteiger partial charge in [0.05, 0.1) is 13.2 Å². The van der Waals surface area contributed by atoms with E-state index in [1.807, 2.05) is 6.07 Å². The number of primary amides is 1. The molecule has 206 valence electrons. The summed E-state index contributed by atoms with van der Waals surface area (Å²) < 4.78 is 5.59. The molecule has 0 saturated heterocycles. The first-order valence-electron chi connectivity index (χ1n) is 13.2. The number of aryl methyl sites for hydroxylation is 1. The number of anilines is 1. The highest BCUT2D eigenvalue weighted by Crippen LogP contribution is 2.10. The molecular formula is C27H44N6O4. The molecule has 1 aromatic rings. The van der Waals surface area contributed by atoms with E-state index in [0.29, 0.717) is 25.7 Å². The van der Waals surface area contributed by atoms with E-state index >= 15 is 0 Å². The number of carbonyl (C=O) groups is 3. The van der Waals surface area contributed by atoms with E-state index in [-0.39, 0.29) is 30.4 Å². The number of nitrogens with one attached hydrogen (secondary N) is 4. The van der Waals surface area contributed by atoms with Gasteiger partial charge in [-0.1, -0.05) is 26.0 Å². The molecule has 4 amide bonds. The van der Waals surface area contributed by atoms with Crippen LogP contribution in [0.1, 0.15) is 38.7 Å². The molecule has 10 nitrogen and oxygen atoms in total. The molecule has 0 saturated carbocycles. The van der Waals surface area contributed by atoms with Crippen molar-refractivity contribution in [3.63, 3.8) is 0 Å².